The Bertz CT molecular complexity index is 230. The van der Waals surface area contributed by atoms with Crippen LogP contribution >= 0.6 is 0 Å². The lowest BCUT2D eigenvalue weighted by Crippen LogP contribution is -2.49. The van der Waals surface area contributed by atoms with E-state index in [0.29, 0.717) is 12.1 Å². The van der Waals surface area contributed by atoms with Gasteiger partial charge in [-0.05, 0) is 39.2 Å². The van der Waals surface area contributed by atoms with Gasteiger partial charge in [-0.3, -0.25) is 4.90 Å². The Balaban J connectivity index is 1.55. The van der Waals surface area contributed by atoms with Gasteiger partial charge in [-0.2, -0.15) is 0 Å². The molecule has 4 heteroatoms. The van der Waals surface area contributed by atoms with Crippen LogP contribution in [-0.2, 0) is 9.47 Å². The van der Waals surface area contributed by atoms with Crippen LogP contribution in [-0.4, -0.2) is 63.0 Å². The third-order valence-electron chi connectivity index (χ3n) is 4.03. The van der Waals surface area contributed by atoms with Crippen molar-refractivity contribution in [2.24, 2.45) is 5.92 Å². The summed E-state index contributed by atoms with van der Waals surface area (Å²) >= 11 is 0. The third kappa shape index (κ3) is 4.50. The second-order valence-electron chi connectivity index (χ2n) is 5.80. The van der Waals surface area contributed by atoms with Crippen molar-refractivity contribution in [2.45, 2.75) is 38.8 Å². The van der Waals surface area contributed by atoms with Gasteiger partial charge in [0.25, 0.3) is 0 Å². The van der Waals surface area contributed by atoms with E-state index in [-0.39, 0.29) is 0 Å². The van der Waals surface area contributed by atoms with Crippen LogP contribution in [0.1, 0.15) is 26.7 Å². The lowest BCUT2D eigenvalue weighted by Gasteiger charge is -2.35. The number of hydrogen-bond acceptors (Lipinski definition) is 4. The van der Waals surface area contributed by atoms with Gasteiger partial charge >= 0.3 is 0 Å². The van der Waals surface area contributed by atoms with E-state index in [1.54, 1.807) is 0 Å². The van der Waals surface area contributed by atoms with Crippen molar-refractivity contribution in [3.05, 3.63) is 0 Å². The van der Waals surface area contributed by atoms with Crippen molar-refractivity contribution in [1.29, 1.82) is 0 Å². The summed E-state index contributed by atoms with van der Waals surface area (Å²) in [6.07, 6.45) is 2.84. The number of rotatable bonds is 6. The van der Waals surface area contributed by atoms with Crippen LogP contribution < -0.4 is 5.32 Å². The SMILES string of the molecule is CC(C)N1CCOC(CNCCC2CCOC2)C1. The molecule has 18 heavy (non-hydrogen) atoms. The van der Waals surface area contributed by atoms with E-state index in [2.05, 4.69) is 24.1 Å². The van der Waals surface area contributed by atoms with Gasteiger partial charge < -0.3 is 14.8 Å². The molecule has 2 rings (SSSR count). The van der Waals surface area contributed by atoms with Crippen molar-refractivity contribution >= 4 is 0 Å². The van der Waals surface area contributed by atoms with Gasteiger partial charge in [0.1, 0.15) is 0 Å². The van der Waals surface area contributed by atoms with Crippen molar-refractivity contribution in [1.82, 2.24) is 10.2 Å². The molecule has 0 amide bonds. The van der Waals surface area contributed by atoms with E-state index in [1.165, 1.54) is 12.8 Å². The number of hydrogen-bond donors (Lipinski definition) is 1. The molecule has 2 fully saturated rings. The summed E-state index contributed by atoms with van der Waals surface area (Å²) in [6.45, 7) is 11.5. The van der Waals surface area contributed by atoms with E-state index in [1.807, 2.05) is 0 Å². The minimum absolute atomic E-state index is 0.362. The van der Waals surface area contributed by atoms with E-state index >= 15 is 0 Å². The van der Waals surface area contributed by atoms with Crippen LogP contribution in [0.3, 0.4) is 0 Å². The highest BCUT2D eigenvalue weighted by Gasteiger charge is 2.22. The molecular formula is C14H28N2O2. The predicted molar refractivity (Wildman–Crippen MR) is 72.9 cm³/mol. The van der Waals surface area contributed by atoms with Gasteiger partial charge in [0.2, 0.25) is 0 Å². The fourth-order valence-corrected chi connectivity index (χ4v) is 2.71. The van der Waals surface area contributed by atoms with E-state index < -0.39 is 0 Å². The first-order chi connectivity index (χ1) is 8.75. The van der Waals surface area contributed by atoms with Gasteiger partial charge in [-0.1, -0.05) is 0 Å². The summed E-state index contributed by atoms with van der Waals surface area (Å²) in [4.78, 5) is 2.50. The molecule has 4 nitrogen and oxygen atoms in total. The number of ether oxygens (including phenoxy) is 2. The quantitative estimate of drug-likeness (QED) is 0.722. The first-order valence-electron chi connectivity index (χ1n) is 7.40. The second-order valence-corrected chi connectivity index (χ2v) is 5.80. The summed E-state index contributed by atoms with van der Waals surface area (Å²) in [7, 11) is 0. The molecule has 2 unspecified atom stereocenters. The van der Waals surface area contributed by atoms with Crippen molar-refractivity contribution in [2.75, 3.05) is 46.0 Å². The molecule has 0 aliphatic carbocycles. The highest BCUT2D eigenvalue weighted by Crippen LogP contribution is 2.15. The molecule has 2 atom stereocenters. The van der Waals surface area contributed by atoms with Crippen LogP contribution in [0.4, 0.5) is 0 Å². The zero-order valence-electron chi connectivity index (χ0n) is 11.9. The topological polar surface area (TPSA) is 33.7 Å². The Morgan fingerprint density at radius 2 is 2.22 bits per heavy atom. The number of nitrogens with zero attached hydrogens (tertiary/aromatic N) is 1. The molecular weight excluding hydrogens is 228 g/mol. The lowest BCUT2D eigenvalue weighted by atomic mass is 10.1. The molecule has 2 saturated heterocycles. The number of nitrogens with one attached hydrogen (secondary N) is 1. The van der Waals surface area contributed by atoms with Gasteiger partial charge in [-0.25, -0.2) is 0 Å². The molecule has 2 aliphatic heterocycles. The first kappa shape index (κ1) is 14.3. The van der Waals surface area contributed by atoms with Crippen molar-refractivity contribution in [3.63, 3.8) is 0 Å². The summed E-state index contributed by atoms with van der Waals surface area (Å²) in [5, 5.41) is 3.53. The monoisotopic (exact) mass is 256 g/mol. The summed E-state index contributed by atoms with van der Waals surface area (Å²) in [5.41, 5.74) is 0. The normalized spacial score (nSPS) is 30.2. The zero-order valence-corrected chi connectivity index (χ0v) is 11.9. The Kier molecular flexibility index (Phi) is 5.89. The van der Waals surface area contributed by atoms with Crippen LogP contribution in [0.25, 0.3) is 0 Å². The van der Waals surface area contributed by atoms with Crippen molar-refractivity contribution < 1.29 is 9.47 Å². The molecule has 1 N–H and O–H groups in total. The predicted octanol–water partition coefficient (Wildman–Crippen LogP) is 1.11. The maximum Gasteiger partial charge on any atom is 0.0826 e. The molecule has 0 radical (unpaired) electrons. The smallest absolute Gasteiger partial charge is 0.0826 e. The molecule has 0 spiro atoms. The Labute approximate surface area is 111 Å². The molecule has 2 aliphatic rings. The van der Waals surface area contributed by atoms with E-state index in [0.717, 1.165) is 51.9 Å². The van der Waals surface area contributed by atoms with Crippen molar-refractivity contribution in [3.8, 4) is 0 Å². The van der Waals surface area contributed by atoms with E-state index in [9.17, 15) is 0 Å². The molecule has 0 saturated carbocycles. The third-order valence-corrected chi connectivity index (χ3v) is 4.03. The highest BCUT2D eigenvalue weighted by molar-refractivity contribution is 4.76. The average molecular weight is 256 g/mol. The fraction of sp³-hybridized carbons (Fsp3) is 1.00. The lowest BCUT2D eigenvalue weighted by molar-refractivity contribution is -0.0371. The molecule has 0 bridgehead atoms. The summed E-state index contributed by atoms with van der Waals surface area (Å²) < 4.78 is 11.2. The minimum atomic E-state index is 0.362. The van der Waals surface area contributed by atoms with Crippen LogP contribution in [0.5, 0.6) is 0 Å². The number of morpholine rings is 1. The summed E-state index contributed by atoms with van der Waals surface area (Å²) in [6, 6.07) is 0.632. The standard InChI is InChI=1S/C14H28N2O2/c1-12(2)16-6-8-18-14(10-16)9-15-5-3-13-4-7-17-11-13/h12-15H,3-11H2,1-2H3. The molecule has 0 aromatic rings. The molecule has 2 heterocycles. The zero-order chi connectivity index (χ0) is 12.8. The second kappa shape index (κ2) is 7.43. The van der Waals surface area contributed by atoms with Gasteiger partial charge in [-0.15, -0.1) is 0 Å². The highest BCUT2D eigenvalue weighted by atomic mass is 16.5. The fourth-order valence-electron chi connectivity index (χ4n) is 2.71. The Morgan fingerprint density at radius 3 is 2.94 bits per heavy atom. The Morgan fingerprint density at radius 1 is 1.33 bits per heavy atom. The molecule has 106 valence electrons. The van der Waals surface area contributed by atoms with Gasteiger partial charge in [0.05, 0.1) is 12.7 Å². The largest absolute Gasteiger partial charge is 0.381 e. The molecule has 0 aromatic heterocycles. The molecule has 0 aromatic carbocycles. The first-order valence-corrected chi connectivity index (χ1v) is 7.40. The maximum atomic E-state index is 5.80. The van der Waals surface area contributed by atoms with Crippen LogP contribution in [0.2, 0.25) is 0 Å². The van der Waals surface area contributed by atoms with Gasteiger partial charge in [0, 0.05) is 38.9 Å². The maximum absolute atomic E-state index is 5.80. The average Bonchev–Trinajstić information content (AvgIpc) is 2.88. The minimum Gasteiger partial charge on any atom is -0.381 e. The van der Waals surface area contributed by atoms with Crippen LogP contribution in [0, 0.1) is 5.92 Å². The van der Waals surface area contributed by atoms with Crippen LogP contribution in [0.15, 0.2) is 0 Å². The summed E-state index contributed by atoms with van der Waals surface area (Å²) in [5.74, 6) is 0.775. The van der Waals surface area contributed by atoms with E-state index in [4.69, 9.17) is 9.47 Å². The van der Waals surface area contributed by atoms with Gasteiger partial charge in [0.15, 0.2) is 0 Å². The Hall–Kier alpha value is -0.160.